The quantitative estimate of drug-likeness (QED) is 0.581. The van der Waals surface area contributed by atoms with Gasteiger partial charge in [-0.3, -0.25) is 9.89 Å². The number of guanidine groups is 1. The van der Waals surface area contributed by atoms with Crippen LogP contribution in [0.3, 0.4) is 0 Å². The molecule has 1 aromatic carbocycles. The fourth-order valence-electron chi connectivity index (χ4n) is 2.80. The molecular formula is C20H30N4O2. The highest BCUT2D eigenvalue weighted by Crippen LogP contribution is 2.20. The zero-order chi connectivity index (χ0) is 18.9. The van der Waals surface area contributed by atoms with Crippen LogP contribution in [0.15, 0.2) is 52.1 Å². The predicted molar refractivity (Wildman–Crippen MR) is 106 cm³/mol. The third kappa shape index (κ3) is 5.26. The molecule has 2 aromatic rings. The average molecular weight is 358 g/mol. The summed E-state index contributed by atoms with van der Waals surface area (Å²) in [5, 5.41) is 3.37. The van der Waals surface area contributed by atoms with Gasteiger partial charge >= 0.3 is 0 Å². The van der Waals surface area contributed by atoms with Crippen molar-refractivity contribution in [2.24, 2.45) is 4.99 Å². The van der Waals surface area contributed by atoms with E-state index in [2.05, 4.69) is 28.1 Å². The number of nitrogens with one attached hydrogen (secondary N) is 1. The van der Waals surface area contributed by atoms with E-state index < -0.39 is 0 Å². The lowest BCUT2D eigenvalue weighted by Gasteiger charge is -2.25. The fourth-order valence-corrected chi connectivity index (χ4v) is 2.80. The number of para-hydroxylation sites is 1. The molecule has 0 fully saturated rings. The zero-order valence-corrected chi connectivity index (χ0v) is 16.4. The second-order valence-corrected chi connectivity index (χ2v) is 6.36. The minimum atomic E-state index is 0.0957. The fraction of sp³-hybridized carbons (Fsp3) is 0.450. The molecule has 0 radical (unpaired) electrons. The van der Waals surface area contributed by atoms with Gasteiger partial charge < -0.3 is 19.4 Å². The van der Waals surface area contributed by atoms with Crippen LogP contribution in [0, 0.1) is 0 Å². The number of furan rings is 1. The molecule has 142 valence electrons. The van der Waals surface area contributed by atoms with E-state index in [1.165, 1.54) is 0 Å². The van der Waals surface area contributed by atoms with E-state index in [-0.39, 0.29) is 6.04 Å². The Labute approximate surface area is 156 Å². The van der Waals surface area contributed by atoms with Crippen LogP contribution in [-0.4, -0.2) is 57.1 Å². The van der Waals surface area contributed by atoms with Gasteiger partial charge in [-0.2, -0.15) is 0 Å². The molecular weight excluding hydrogens is 328 g/mol. The van der Waals surface area contributed by atoms with E-state index in [9.17, 15) is 0 Å². The Bertz CT molecular complexity index is 683. The second kappa shape index (κ2) is 9.87. The Hall–Kier alpha value is -2.47. The molecule has 0 amide bonds. The van der Waals surface area contributed by atoms with Crippen LogP contribution >= 0.6 is 0 Å². The third-order valence-corrected chi connectivity index (χ3v) is 4.21. The van der Waals surface area contributed by atoms with Crippen LogP contribution in [-0.2, 0) is 6.54 Å². The van der Waals surface area contributed by atoms with Crippen molar-refractivity contribution in [3.63, 3.8) is 0 Å². The minimum Gasteiger partial charge on any atom is -0.496 e. The van der Waals surface area contributed by atoms with Crippen molar-refractivity contribution >= 4 is 5.96 Å². The first-order chi connectivity index (χ1) is 12.6. The van der Waals surface area contributed by atoms with Crippen LogP contribution in [0.2, 0.25) is 0 Å². The van der Waals surface area contributed by atoms with E-state index >= 15 is 0 Å². The van der Waals surface area contributed by atoms with Crippen LogP contribution in [0.25, 0.3) is 0 Å². The van der Waals surface area contributed by atoms with E-state index in [1.807, 2.05) is 51.5 Å². The van der Waals surface area contributed by atoms with E-state index in [1.54, 1.807) is 13.4 Å². The maximum absolute atomic E-state index is 5.57. The van der Waals surface area contributed by atoms with Gasteiger partial charge in [-0.15, -0.1) is 0 Å². The number of aliphatic imine (C=N–C) groups is 1. The third-order valence-electron chi connectivity index (χ3n) is 4.21. The van der Waals surface area contributed by atoms with Crippen molar-refractivity contribution in [1.29, 1.82) is 0 Å². The Kier molecular flexibility index (Phi) is 7.53. The molecule has 2 rings (SSSR count). The summed E-state index contributed by atoms with van der Waals surface area (Å²) < 4.78 is 11.0. The van der Waals surface area contributed by atoms with Crippen molar-refractivity contribution in [3.05, 3.63) is 54.0 Å². The highest BCUT2D eigenvalue weighted by atomic mass is 16.5. The maximum Gasteiger partial charge on any atom is 0.194 e. The SMILES string of the molecule is CCNC(=NCC(c1ccco1)N(C)C)N(C)Cc1ccccc1OC. The molecule has 0 saturated heterocycles. The molecule has 6 heteroatoms. The van der Waals surface area contributed by atoms with Crippen LogP contribution in [0.5, 0.6) is 5.75 Å². The van der Waals surface area contributed by atoms with Crippen LogP contribution < -0.4 is 10.1 Å². The van der Waals surface area contributed by atoms with Crippen molar-refractivity contribution in [2.75, 3.05) is 41.3 Å². The molecule has 26 heavy (non-hydrogen) atoms. The summed E-state index contributed by atoms with van der Waals surface area (Å²) in [4.78, 5) is 9.06. The Morgan fingerprint density at radius 3 is 2.58 bits per heavy atom. The zero-order valence-electron chi connectivity index (χ0n) is 16.4. The van der Waals surface area contributed by atoms with Gasteiger partial charge in [-0.05, 0) is 39.2 Å². The molecule has 1 atom stereocenters. The Morgan fingerprint density at radius 2 is 1.96 bits per heavy atom. The number of benzene rings is 1. The molecule has 0 aliphatic heterocycles. The molecule has 6 nitrogen and oxygen atoms in total. The van der Waals surface area contributed by atoms with E-state index in [0.717, 1.165) is 29.6 Å². The molecule has 1 N–H and O–H groups in total. The number of likely N-dealkylation sites (N-methyl/N-ethyl adjacent to an activating group) is 1. The van der Waals surface area contributed by atoms with Gasteiger partial charge in [-0.1, -0.05) is 18.2 Å². The summed E-state index contributed by atoms with van der Waals surface area (Å²) in [6.07, 6.45) is 1.70. The molecule has 1 unspecified atom stereocenters. The number of nitrogens with zero attached hydrogens (tertiary/aromatic N) is 3. The average Bonchev–Trinajstić information content (AvgIpc) is 3.15. The highest BCUT2D eigenvalue weighted by molar-refractivity contribution is 5.79. The van der Waals surface area contributed by atoms with E-state index in [0.29, 0.717) is 13.1 Å². The summed E-state index contributed by atoms with van der Waals surface area (Å²) >= 11 is 0. The first-order valence-corrected chi connectivity index (χ1v) is 8.88. The monoisotopic (exact) mass is 358 g/mol. The smallest absolute Gasteiger partial charge is 0.194 e. The van der Waals surface area contributed by atoms with Crippen molar-refractivity contribution in [1.82, 2.24) is 15.1 Å². The molecule has 1 heterocycles. The van der Waals surface area contributed by atoms with Gasteiger partial charge in [0.2, 0.25) is 0 Å². The lowest BCUT2D eigenvalue weighted by molar-refractivity contribution is 0.264. The van der Waals surface area contributed by atoms with Gasteiger partial charge in [0, 0.05) is 25.7 Å². The summed E-state index contributed by atoms with van der Waals surface area (Å²) in [5.41, 5.74) is 1.12. The first kappa shape index (κ1) is 19.8. The summed E-state index contributed by atoms with van der Waals surface area (Å²) in [7, 11) is 7.80. The molecule has 0 bridgehead atoms. The number of hydrogen-bond acceptors (Lipinski definition) is 4. The van der Waals surface area contributed by atoms with Crippen LogP contribution in [0.1, 0.15) is 24.3 Å². The van der Waals surface area contributed by atoms with Crippen molar-refractivity contribution in [2.45, 2.75) is 19.5 Å². The first-order valence-electron chi connectivity index (χ1n) is 8.88. The predicted octanol–water partition coefficient (Wildman–Crippen LogP) is 2.99. The highest BCUT2D eigenvalue weighted by Gasteiger charge is 2.17. The van der Waals surface area contributed by atoms with Gasteiger partial charge in [0.15, 0.2) is 5.96 Å². The summed E-state index contributed by atoms with van der Waals surface area (Å²) in [6.45, 7) is 4.20. The van der Waals surface area contributed by atoms with Gasteiger partial charge in [-0.25, -0.2) is 0 Å². The van der Waals surface area contributed by atoms with Crippen molar-refractivity contribution < 1.29 is 9.15 Å². The van der Waals surface area contributed by atoms with Gasteiger partial charge in [0.05, 0.1) is 26.0 Å². The number of methoxy groups -OCH3 is 1. The Morgan fingerprint density at radius 1 is 1.19 bits per heavy atom. The van der Waals surface area contributed by atoms with Crippen LogP contribution in [0.4, 0.5) is 0 Å². The van der Waals surface area contributed by atoms with Gasteiger partial charge in [0.25, 0.3) is 0 Å². The number of hydrogen-bond donors (Lipinski definition) is 1. The molecule has 0 aliphatic rings. The normalized spacial score (nSPS) is 12.9. The molecule has 0 spiro atoms. The van der Waals surface area contributed by atoms with Crippen molar-refractivity contribution in [3.8, 4) is 5.75 Å². The number of rotatable bonds is 8. The largest absolute Gasteiger partial charge is 0.496 e. The lowest BCUT2D eigenvalue weighted by Crippen LogP contribution is -2.39. The summed E-state index contributed by atoms with van der Waals surface area (Å²) in [5.74, 6) is 2.66. The molecule has 0 aliphatic carbocycles. The molecule has 0 saturated carbocycles. The summed E-state index contributed by atoms with van der Waals surface area (Å²) in [6, 6.07) is 12.1. The Balaban J connectivity index is 2.14. The number of ether oxygens (including phenoxy) is 1. The van der Waals surface area contributed by atoms with E-state index in [4.69, 9.17) is 14.1 Å². The lowest BCUT2D eigenvalue weighted by atomic mass is 10.2. The standard InChI is InChI=1S/C20H30N4O2/c1-6-21-20(22-14-17(23(2)3)19-12-9-13-26-19)24(4)15-16-10-7-8-11-18(16)25-5/h7-13,17H,6,14-15H2,1-5H3,(H,21,22). The van der Waals surface area contributed by atoms with Gasteiger partial charge in [0.1, 0.15) is 11.5 Å². The molecule has 1 aromatic heterocycles. The second-order valence-electron chi connectivity index (χ2n) is 6.36. The topological polar surface area (TPSA) is 53.2 Å². The maximum atomic E-state index is 5.57. The minimum absolute atomic E-state index is 0.0957.